The van der Waals surface area contributed by atoms with E-state index in [1.165, 1.54) is 12.1 Å². The van der Waals surface area contributed by atoms with Gasteiger partial charge in [-0.1, -0.05) is 46.4 Å². The van der Waals surface area contributed by atoms with Gasteiger partial charge in [0.1, 0.15) is 11.0 Å². The van der Waals surface area contributed by atoms with Gasteiger partial charge >= 0.3 is 0 Å². The lowest BCUT2D eigenvalue weighted by Gasteiger charge is -2.23. The average molecular weight is 714 g/mol. The van der Waals surface area contributed by atoms with E-state index >= 15 is 0 Å². The number of hydrogen-bond acceptors (Lipinski definition) is 10. The fourth-order valence-electron chi connectivity index (χ4n) is 5.08. The van der Waals surface area contributed by atoms with Crippen molar-refractivity contribution in [1.29, 1.82) is 0 Å². The Labute approximate surface area is 287 Å². The number of fused-ring (bicyclic) bond motifs is 2. The summed E-state index contributed by atoms with van der Waals surface area (Å²) in [6, 6.07) is 10.5. The van der Waals surface area contributed by atoms with Crippen molar-refractivity contribution < 1.29 is 29.2 Å². The van der Waals surface area contributed by atoms with Gasteiger partial charge in [0.05, 0.1) is 84.3 Å². The van der Waals surface area contributed by atoms with E-state index in [0.717, 1.165) is 11.4 Å². The molecule has 1 aliphatic rings. The number of rotatable bonds is 4. The van der Waals surface area contributed by atoms with Gasteiger partial charge in [0.2, 0.25) is 0 Å². The summed E-state index contributed by atoms with van der Waals surface area (Å²) in [5.41, 5.74) is 2.28. The third kappa shape index (κ3) is 9.44. The highest BCUT2D eigenvalue weighted by atomic mass is 35.5. The molecule has 14 heteroatoms. The molecule has 1 fully saturated rings. The summed E-state index contributed by atoms with van der Waals surface area (Å²) in [6.07, 6.45) is 0. The molecular weight excluding hydrogens is 678 g/mol. The molecule has 248 valence electrons. The van der Waals surface area contributed by atoms with Gasteiger partial charge in [0, 0.05) is 50.0 Å². The van der Waals surface area contributed by atoms with Crippen molar-refractivity contribution in [2.24, 2.45) is 0 Å². The number of aromatic nitrogens is 2. The van der Waals surface area contributed by atoms with Crippen LogP contribution in [-0.4, -0.2) is 109 Å². The van der Waals surface area contributed by atoms with Crippen LogP contribution in [0, 0.1) is 0 Å². The lowest BCUT2D eigenvalue weighted by molar-refractivity contribution is 0.00601. The first kappa shape index (κ1) is 35.1. The molecule has 2 aromatic carbocycles. The second-order valence-corrected chi connectivity index (χ2v) is 12.4. The summed E-state index contributed by atoms with van der Waals surface area (Å²) < 4.78 is 23.5. The number of phenolic OH excluding ortho intramolecular Hbond substituents is 2. The molecule has 0 bridgehead atoms. The molecule has 1 saturated heterocycles. The summed E-state index contributed by atoms with van der Waals surface area (Å²) in [4.78, 5) is 13.6. The number of benzene rings is 2. The maximum atomic E-state index is 10.4. The molecule has 0 amide bonds. The van der Waals surface area contributed by atoms with E-state index in [1.807, 2.05) is 24.3 Å². The maximum Gasteiger partial charge on any atom is 0.160 e. The molecule has 5 rings (SSSR count). The number of halogens is 4. The monoisotopic (exact) mass is 712 g/mol. The van der Waals surface area contributed by atoms with Crippen LogP contribution in [0.25, 0.3) is 21.8 Å². The van der Waals surface area contributed by atoms with Crippen LogP contribution in [0.15, 0.2) is 36.4 Å². The van der Waals surface area contributed by atoms with Crippen molar-refractivity contribution in [3.8, 4) is 11.5 Å². The third-order valence-electron chi connectivity index (χ3n) is 7.55. The van der Waals surface area contributed by atoms with Crippen LogP contribution in [0.5, 0.6) is 11.5 Å². The van der Waals surface area contributed by atoms with Gasteiger partial charge in [-0.2, -0.15) is 0 Å². The molecule has 4 aromatic rings. The molecule has 3 heterocycles. The quantitative estimate of drug-likeness (QED) is 0.254. The molecule has 1 aliphatic heterocycles. The van der Waals surface area contributed by atoms with Crippen LogP contribution in [0.1, 0.15) is 11.4 Å². The van der Waals surface area contributed by atoms with Gasteiger partial charge < -0.3 is 29.2 Å². The number of pyridine rings is 2. The first-order valence-corrected chi connectivity index (χ1v) is 16.5. The van der Waals surface area contributed by atoms with Crippen LogP contribution in [-0.2, 0) is 32.0 Å². The Morgan fingerprint density at radius 3 is 1.22 bits per heavy atom. The smallest absolute Gasteiger partial charge is 0.160 e. The Morgan fingerprint density at radius 1 is 0.522 bits per heavy atom. The summed E-state index contributed by atoms with van der Waals surface area (Å²) in [7, 11) is 0. The minimum absolute atomic E-state index is 0.0845. The zero-order valence-corrected chi connectivity index (χ0v) is 28.2. The van der Waals surface area contributed by atoms with E-state index in [9.17, 15) is 10.2 Å². The highest BCUT2D eigenvalue weighted by molar-refractivity contribution is 6.40. The Morgan fingerprint density at radius 2 is 0.870 bits per heavy atom. The zero-order chi connectivity index (χ0) is 32.5. The second kappa shape index (κ2) is 17.3. The molecule has 0 unspecified atom stereocenters. The van der Waals surface area contributed by atoms with Gasteiger partial charge in [0.25, 0.3) is 0 Å². The molecule has 2 aromatic heterocycles. The van der Waals surface area contributed by atoms with Crippen molar-refractivity contribution in [3.63, 3.8) is 0 Å². The van der Waals surface area contributed by atoms with E-state index in [2.05, 4.69) is 19.8 Å². The number of ether oxygens (including phenoxy) is 4. The van der Waals surface area contributed by atoms with Crippen molar-refractivity contribution in [2.45, 2.75) is 13.1 Å². The van der Waals surface area contributed by atoms with Gasteiger partial charge in [0.15, 0.2) is 11.5 Å². The van der Waals surface area contributed by atoms with E-state index < -0.39 is 0 Å². The summed E-state index contributed by atoms with van der Waals surface area (Å²) in [5.74, 6) is -0.169. The summed E-state index contributed by atoms with van der Waals surface area (Å²) in [5, 5.41) is 23.4. The Bertz CT molecular complexity index is 1490. The molecule has 46 heavy (non-hydrogen) atoms. The fraction of sp³-hybridized carbons (Fsp3) is 0.438. The molecule has 0 spiro atoms. The lowest BCUT2D eigenvalue weighted by Crippen LogP contribution is -2.33. The van der Waals surface area contributed by atoms with E-state index in [1.54, 1.807) is 0 Å². The summed E-state index contributed by atoms with van der Waals surface area (Å²) in [6.45, 7) is 7.52. The predicted molar refractivity (Wildman–Crippen MR) is 181 cm³/mol. The third-order valence-corrected chi connectivity index (χ3v) is 8.75. The standard InChI is InChI=1S/C32H36Cl4N4O6/c33-25-17-27(35)31(41)29-23(25)3-1-21(37-29)19-39-5-9-43-13-15-45-11-7-40(8-12-46-16-14-44-10-6-39)20-22-2-4-24-26(34)18-28(36)32(42)30(24)38-22/h1-4,17-18,41-42H,5-16,19-20H2. The van der Waals surface area contributed by atoms with Crippen molar-refractivity contribution in [1.82, 2.24) is 19.8 Å². The number of phenols is 2. The van der Waals surface area contributed by atoms with Crippen molar-refractivity contribution in [2.75, 3.05) is 79.0 Å². The average Bonchev–Trinajstić information content (AvgIpc) is 3.04. The Balaban J connectivity index is 1.15. The zero-order valence-electron chi connectivity index (χ0n) is 25.2. The molecule has 0 aliphatic carbocycles. The summed E-state index contributed by atoms with van der Waals surface area (Å²) >= 11 is 24.8. The minimum Gasteiger partial charge on any atom is -0.504 e. The van der Waals surface area contributed by atoms with Gasteiger partial charge in [-0.25, -0.2) is 9.97 Å². The number of nitrogens with zero attached hydrogens (tertiary/aromatic N) is 4. The SMILES string of the molecule is Oc1c(Cl)cc(Cl)c2ccc(CN3CCOCCOCCN(Cc4ccc5c(Cl)cc(Cl)c(O)c5n4)CCOCCOCC3)nc12. The molecule has 0 atom stereocenters. The van der Waals surface area contributed by atoms with Gasteiger partial charge in [-0.3, -0.25) is 9.80 Å². The van der Waals surface area contributed by atoms with E-state index in [-0.39, 0.29) is 21.5 Å². The predicted octanol–water partition coefficient (Wildman–Crippen LogP) is 6.19. The highest BCUT2D eigenvalue weighted by Gasteiger charge is 2.15. The van der Waals surface area contributed by atoms with E-state index in [4.69, 9.17) is 65.4 Å². The second-order valence-electron chi connectivity index (χ2n) is 10.8. The molecule has 0 radical (unpaired) electrons. The van der Waals surface area contributed by atoms with Gasteiger partial charge in [-0.15, -0.1) is 0 Å². The first-order chi connectivity index (χ1) is 22.3. The van der Waals surface area contributed by atoms with Crippen LogP contribution in [0.3, 0.4) is 0 Å². The highest BCUT2D eigenvalue weighted by Crippen LogP contribution is 2.37. The van der Waals surface area contributed by atoms with Gasteiger partial charge in [-0.05, 0) is 36.4 Å². The van der Waals surface area contributed by atoms with Crippen molar-refractivity contribution >= 4 is 68.2 Å². The van der Waals surface area contributed by atoms with E-state index in [0.29, 0.717) is 124 Å². The maximum absolute atomic E-state index is 10.4. The van der Waals surface area contributed by atoms with Crippen LogP contribution >= 0.6 is 46.4 Å². The lowest BCUT2D eigenvalue weighted by atomic mass is 10.2. The molecule has 10 nitrogen and oxygen atoms in total. The van der Waals surface area contributed by atoms with Crippen molar-refractivity contribution in [3.05, 3.63) is 67.9 Å². The normalized spacial score (nSPS) is 17.7. The fourth-order valence-corrected chi connectivity index (χ4v) is 6.11. The van der Waals surface area contributed by atoms with Crippen LogP contribution in [0.2, 0.25) is 20.1 Å². The Kier molecular flexibility index (Phi) is 13.2. The topological polar surface area (TPSA) is 110 Å². The molecule has 0 saturated carbocycles. The minimum atomic E-state index is -0.0845. The first-order valence-electron chi connectivity index (χ1n) is 15.0. The largest absolute Gasteiger partial charge is 0.504 e. The van der Waals surface area contributed by atoms with Crippen LogP contribution < -0.4 is 0 Å². The molecular formula is C32H36Cl4N4O6. The Hall–Kier alpha value is -2.22. The number of hydrogen-bond donors (Lipinski definition) is 2. The number of aromatic hydroxyl groups is 2. The van der Waals surface area contributed by atoms with Crippen LogP contribution in [0.4, 0.5) is 0 Å². The molecule has 2 N–H and O–H groups in total.